The highest BCUT2D eigenvalue weighted by Gasteiger charge is 2.35. The second kappa shape index (κ2) is 8.03. The molecule has 1 saturated heterocycles. The number of piperidine rings is 1. The summed E-state index contributed by atoms with van der Waals surface area (Å²) in [6.07, 6.45) is -3.88. The Morgan fingerprint density at radius 2 is 1.70 bits per heavy atom. The van der Waals surface area contributed by atoms with Gasteiger partial charge < -0.3 is 4.90 Å². The van der Waals surface area contributed by atoms with Gasteiger partial charge in [0.05, 0.1) is 21.4 Å². The number of thiazole rings is 1. The number of anilines is 1. The molecule has 1 aliphatic heterocycles. The van der Waals surface area contributed by atoms with Crippen LogP contribution in [0.2, 0.25) is 0 Å². The van der Waals surface area contributed by atoms with E-state index in [0.717, 1.165) is 34.6 Å². The molecule has 0 amide bonds. The number of halogens is 3. The fourth-order valence-electron chi connectivity index (χ4n) is 3.55. The summed E-state index contributed by atoms with van der Waals surface area (Å²) in [5.74, 6) is 0. The van der Waals surface area contributed by atoms with E-state index in [4.69, 9.17) is 0 Å². The highest BCUT2D eigenvalue weighted by atomic mass is 32.2. The summed E-state index contributed by atoms with van der Waals surface area (Å²) >= 11 is 1.50. The zero-order chi connectivity index (χ0) is 21.4. The summed E-state index contributed by atoms with van der Waals surface area (Å²) in [5, 5.41) is 2.09. The van der Waals surface area contributed by atoms with Crippen LogP contribution in [0.25, 0.3) is 11.3 Å². The Balaban J connectivity index is 1.46. The van der Waals surface area contributed by atoms with Crippen molar-refractivity contribution in [2.45, 2.75) is 29.2 Å². The van der Waals surface area contributed by atoms with Crippen LogP contribution < -0.4 is 4.90 Å². The van der Waals surface area contributed by atoms with E-state index >= 15 is 0 Å². The molecule has 9 heteroatoms. The molecule has 2 aromatic carbocycles. The molecule has 1 aromatic heterocycles. The summed E-state index contributed by atoms with van der Waals surface area (Å²) in [5.41, 5.74) is 0.938. The highest BCUT2D eigenvalue weighted by molar-refractivity contribution is 7.92. The van der Waals surface area contributed by atoms with Gasteiger partial charge in [-0.2, -0.15) is 13.2 Å². The van der Waals surface area contributed by atoms with Gasteiger partial charge in [-0.1, -0.05) is 36.4 Å². The Bertz CT molecular complexity index is 1120. The molecule has 1 aliphatic rings. The molecule has 0 atom stereocenters. The van der Waals surface area contributed by atoms with Crippen molar-refractivity contribution in [1.29, 1.82) is 0 Å². The molecule has 0 bridgehead atoms. The van der Waals surface area contributed by atoms with Gasteiger partial charge in [0, 0.05) is 24.0 Å². The molecule has 4 nitrogen and oxygen atoms in total. The molecule has 0 N–H and O–H groups in total. The summed E-state index contributed by atoms with van der Waals surface area (Å²) in [4.78, 5) is 6.43. The third kappa shape index (κ3) is 4.22. The van der Waals surface area contributed by atoms with Crippen molar-refractivity contribution in [1.82, 2.24) is 4.98 Å². The molecule has 4 rings (SSSR count). The van der Waals surface area contributed by atoms with E-state index < -0.39 is 26.8 Å². The lowest BCUT2D eigenvalue weighted by atomic mass is 10.1. The standard InChI is InChI=1S/C21H19F3N2O2S2/c22-21(23,24)16-7-4-8-18(13-16)30(27,28)17-9-11-26(12-10-17)20-25-19(14-29-20)15-5-2-1-3-6-15/h1-8,13-14,17H,9-12H2. The highest BCUT2D eigenvalue weighted by Crippen LogP contribution is 2.34. The molecule has 0 radical (unpaired) electrons. The lowest BCUT2D eigenvalue weighted by molar-refractivity contribution is -0.137. The Kier molecular flexibility index (Phi) is 5.59. The number of hydrogen-bond donors (Lipinski definition) is 0. The molecular weight excluding hydrogens is 433 g/mol. The van der Waals surface area contributed by atoms with Crippen molar-refractivity contribution in [3.8, 4) is 11.3 Å². The average molecular weight is 453 g/mol. The minimum Gasteiger partial charge on any atom is -0.348 e. The summed E-state index contributed by atoms with van der Waals surface area (Å²) in [6, 6.07) is 13.8. The van der Waals surface area contributed by atoms with Crippen molar-refractivity contribution < 1.29 is 21.6 Å². The Morgan fingerprint density at radius 3 is 2.37 bits per heavy atom. The smallest absolute Gasteiger partial charge is 0.348 e. The lowest BCUT2D eigenvalue weighted by Gasteiger charge is -2.31. The van der Waals surface area contributed by atoms with Gasteiger partial charge >= 0.3 is 6.18 Å². The second-order valence-corrected chi connectivity index (χ2v) is 10.2. The van der Waals surface area contributed by atoms with Crippen molar-refractivity contribution in [2.75, 3.05) is 18.0 Å². The first kappa shape index (κ1) is 20.9. The monoisotopic (exact) mass is 452 g/mol. The summed E-state index contributed by atoms with van der Waals surface area (Å²) in [6.45, 7) is 0.981. The van der Waals surface area contributed by atoms with Crippen LogP contribution in [0, 0.1) is 0 Å². The van der Waals surface area contributed by atoms with Crippen LogP contribution in [-0.4, -0.2) is 31.7 Å². The molecule has 1 fully saturated rings. The minimum atomic E-state index is -4.57. The van der Waals surface area contributed by atoms with Crippen LogP contribution in [0.4, 0.5) is 18.3 Å². The fourth-order valence-corrected chi connectivity index (χ4v) is 6.21. The molecule has 158 valence electrons. The van der Waals surface area contributed by atoms with E-state index in [1.165, 1.54) is 17.4 Å². The maximum atomic E-state index is 13.0. The van der Waals surface area contributed by atoms with Gasteiger partial charge in [-0.05, 0) is 31.0 Å². The van der Waals surface area contributed by atoms with Crippen LogP contribution in [0.5, 0.6) is 0 Å². The number of hydrogen-bond acceptors (Lipinski definition) is 5. The molecule has 0 aliphatic carbocycles. The average Bonchev–Trinajstić information content (AvgIpc) is 3.24. The Hall–Kier alpha value is -2.39. The largest absolute Gasteiger partial charge is 0.416 e. The molecular formula is C21H19F3N2O2S2. The van der Waals surface area contributed by atoms with Crippen LogP contribution in [0.1, 0.15) is 18.4 Å². The predicted octanol–water partition coefficient (Wildman–Crippen LogP) is 5.27. The van der Waals surface area contributed by atoms with E-state index in [1.807, 2.05) is 40.6 Å². The van der Waals surface area contributed by atoms with Crippen LogP contribution >= 0.6 is 11.3 Å². The van der Waals surface area contributed by atoms with Crippen molar-refractivity contribution in [3.63, 3.8) is 0 Å². The molecule has 30 heavy (non-hydrogen) atoms. The number of rotatable bonds is 4. The van der Waals surface area contributed by atoms with E-state index in [1.54, 1.807) is 0 Å². The van der Waals surface area contributed by atoms with Gasteiger partial charge in [-0.25, -0.2) is 13.4 Å². The van der Waals surface area contributed by atoms with E-state index in [-0.39, 0.29) is 4.90 Å². The van der Waals surface area contributed by atoms with Gasteiger partial charge in [-0.3, -0.25) is 0 Å². The van der Waals surface area contributed by atoms with Gasteiger partial charge in [0.2, 0.25) is 0 Å². The third-order valence-corrected chi connectivity index (χ3v) is 8.36. The number of sulfone groups is 1. The third-order valence-electron chi connectivity index (χ3n) is 5.20. The van der Waals surface area contributed by atoms with E-state index in [2.05, 4.69) is 4.98 Å². The van der Waals surface area contributed by atoms with E-state index in [0.29, 0.717) is 25.9 Å². The zero-order valence-corrected chi connectivity index (χ0v) is 17.5. The van der Waals surface area contributed by atoms with Crippen molar-refractivity contribution in [3.05, 3.63) is 65.5 Å². The first-order chi connectivity index (χ1) is 14.2. The Morgan fingerprint density at radius 1 is 1.00 bits per heavy atom. The maximum absolute atomic E-state index is 13.0. The SMILES string of the molecule is O=S(=O)(c1cccc(C(F)(F)F)c1)C1CCN(c2nc(-c3ccccc3)cs2)CC1. The topological polar surface area (TPSA) is 50.3 Å². The van der Waals surface area contributed by atoms with Crippen molar-refractivity contribution >= 4 is 26.3 Å². The number of alkyl halides is 3. The molecule has 0 saturated carbocycles. The van der Waals surface area contributed by atoms with Gasteiger partial charge in [0.1, 0.15) is 0 Å². The van der Waals surface area contributed by atoms with Gasteiger partial charge in [0.15, 0.2) is 15.0 Å². The van der Waals surface area contributed by atoms with Crippen LogP contribution in [0.15, 0.2) is 64.9 Å². The summed E-state index contributed by atoms with van der Waals surface area (Å²) < 4.78 is 64.7. The van der Waals surface area contributed by atoms with Crippen LogP contribution in [-0.2, 0) is 16.0 Å². The molecule has 2 heterocycles. The van der Waals surface area contributed by atoms with E-state index in [9.17, 15) is 21.6 Å². The second-order valence-electron chi connectivity index (χ2n) is 7.14. The summed E-state index contributed by atoms with van der Waals surface area (Å²) in [7, 11) is -3.83. The van der Waals surface area contributed by atoms with Crippen LogP contribution in [0.3, 0.4) is 0 Å². The molecule has 3 aromatic rings. The fraction of sp³-hybridized carbons (Fsp3) is 0.286. The predicted molar refractivity (Wildman–Crippen MR) is 111 cm³/mol. The number of nitrogens with zero attached hydrogens (tertiary/aromatic N) is 2. The first-order valence-corrected chi connectivity index (χ1v) is 11.8. The molecule has 0 unspecified atom stereocenters. The Labute approximate surface area is 176 Å². The number of benzene rings is 2. The lowest BCUT2D eigenvalue weighted by Crippen LogP contribution is -2.39. The minimum absolute atomic E-state index is 0.267. The normalized spacial score (nSPS) is 16.0. The maximum Gasteiger partial charge on any atom is 0.416 e. The van der Waals surface area contributed by atoms with Crippen molar-refractivity contribution in [2.24, 2.45) is 0 Å². The van der Waals surface area contributed by atoms with Gasteiger partial charge in [-0.15, -0.1) is 11.3 Å². The number of aromatic nitrogens is 1. The first-order valence-electron chi connectivity index (χ1n) is 9.42. The molecule has 0 spiro atoms. The quantitative estimate of drug-likeness (QED) is 0.541. The zero-order valence-electron chi connectivity index (χ0n) is 15.8. The van der Waals surface area contributed by atoms with Gasteiger partial charge in [0.25, 0.3) is 0 Å².